The highest BCUT2D eigenvalue weighted by Gasteiger charge is 2.60. The van der Waals surface area contributed by atoms with E-state index in [1.54, 1.807) is 6.92 Å². The average molecular weight is 423 g/mol. The Balaban J connectivity index is 1.48. The van der Waals surface area contributed by atoms with E-state index in [-0.39, 0.29) is 12.1 Å². The molecule has 0 bridgehead atoms. The van der Waals surface area contributed by atoms with Gasteiger partial charge in [-0.2, -0.15) is 0 Å². The lowest BCUT2D eigenvalue weighted by Crippen LogP contribution is -2.54. The summed E-state index contributed by atoms with van der Waals surface area (Å²) in [5.74, 6) is 5.98. The van der Waals surface area contributed by atoms with Crippen LogP contribution in [-0.4, -0.2) is 18.0 Å². The van der Waals surface area contributed by atoms with Gasteiger partial charge in [0.1, 0.15) is 6.10 Å². The molecule has 29 heavy (non-hydrogen) atoms. The van der Waals surface area contributed by atoms with Crippen LogP contribution in [0.15, 0.2) is 0 Å². The first-order valence-corrected chi connectivity index (χ1v) is 13.1. The monoisotopic (exact) mass is 422 g/mol. The van der Waals surface area contributed by atoms with Crippen molar-refractivity contribution in [1.29, 1.82) is 0 Å². The lowest BCUT2D eigenvalue weighted by molar-refractivity contribution is -0.160. The highest BCUT2D eigenvalue weighted by molar-refractivity contribution is 6.17. The molecule has 4 rings (SSSR count). The third-order valence-corrected chi connectivity index (χ3v) is 10.8. The van der Waals surface area contributed by atoms with E-state index in [4.69, 9.17) is 16.3 Å². The van der Waals surface area contributed by atoms with Gasteiger partial charge in [0.05, 0.1) is 0 Å². The molecule has 2 nitrogen and oxygen atoms in total. The summed E-state index contributed by atoms with van der Waals surface area (Å²) in [6.07, 6.45) is 14.7. The molecule has 0 aliphatic heterocycles. The Morgan fingerprint density at radius 2 is 1.76 bits per heavy atom. The largest absolute Gasteiger partial charge is 0.463 e. The molecule has 0 radical (unpaired) electrons. The van der Waals surface area contributed by atoms with Gasteiger partial charge in [-0.3, -0.25) is 4.79 Å². The molecule has 0 aromatic heterocycles. The van der Waals surface area contributed by atoms with E-state index >= 15 is 0 Å². The molecule has 0 aromatic rings. The van der Waals surface area contributed by atoms with Gasteiger partial charge in [0.2, 0.25) is 0 Å². The van der Waals surface area contributed by atoms with Gasteiger partial charge in [-0.1, -0.05) is 20.8 Å². The summed E-state index contributed by atoms with van der Waals surface area (Å²) in [5.41, 5.74) is 1.04. The van der Waals surface area contributed by atoms with E-state index in [1.165, 1.54) is 57.8 Å². The van der Waals surface area contributed by atoms with Crippen LogP contribution in [0.2, 0.25) is 0 Å². The van der Waals surface area contributed by atoms with Gasteiger partial charge in [-0.05, 0) is 117 Å². The lowest BCUT2D eigenvalue weighted by Gasteiger charge is -2.61. The maximum Gasteiger partial charge on any atom is 0.302 e. The summed E-state index contributed by atoms with van der Waals surface area (Å²) in [6, 6.07) is 0. The van der Waals surface area contributed by atoms with Gasteiger partial charge in [-0.25, -0.2) is 0 Å². The Bertz CT molecular complexity index is 606. The van der Waals surface area contributed by atoms with Crippen LogP contribution in [0.25, 0.3) is 0 Å². The fraction of sp³-hybridized carbons (Fsp3) is 0.962. The smallest absolute Gasteiger partial charge is 0.302 e. The molecule has 0 aromatic carbocycles. The van der Waals surface area contributed by atoms with Crippen LogP contribution in [-0.2, 0) is 9.53 Å². The fourth-order valence-corrected chi connectivity index (χ4v) is 9.29. The Morgan fingerprint density at radius 3 is 2.48 bits per heavy atom. The highest BCUT2D eigenvalue weighted by atomic mass is 35.5. The number of carbonyl (C=O) groups excluding carboxylic acids is 1. The second kappa shape index (κ2) is 8.36. The summed E-state index contributed by atoms with van der Waals surface area (Å²) in [6.45, 7) is 9.34. The van der Waals surface area contributed by atoms with Gasteiger partial charge >= 0.3 is 5.97 Å². The summed E-state index contributed by atoms with van der Waals surface area (Å²) in [4.78, 5) is 11.5. The van der Waals surface area contributed by atoms with Crippen molar-refractivity contribution < 1.29 is 9.53 Å². The molecule has 0 spiro atoms. The predicted molar refractivity (Wildman–Crippen MR) is 120 cm³/mol. The molecule has 0 amide bonds. The van der Waals surface area contributed by atoms with Crippen molar-refractivity contribution in [2.45, 2.75) is 104 Å². The van der Waals surface area contributed by atoms with Gasteiger partial charge in [0.15, 0.2) is 0 Å². The van der Waals surface area contributed by atoms with Gasteiger partial charge in [-0.15, -0.1) is 11.6 Å². The molecule has 166 valence electrons. The van der Waals surface area contributed by atoms with Crippen LogP contribution in [0.5, 0.6) is 0 Å². The van der Waals surface area contributed by atoms with Gasteiger partial charge in [0, 0.05) is 12.8 Å². The van der Waals surface area contributed by atoms with Crippen LogP contribution in [0.1, 0.15) is 98.3 Å². The van der Waals surface area contributed by atoms with E-state index in [0.717, 1.165) is 54.2 Å². The number of fused-ring (bicyclic) bond motifs is 5. The minimum Gasteiger partial charge on any atom is -0.463 e. The Hall–Kier alpha value is -0.240. The molecule has 4 fully saturated rings. The first-order valence-electron chi connectivity index (χ1n) is 12.5. The van der Waals surface area contributed by atoms with Crippen molar-refractivity contribution in [1.82, 2.24) is 0 Å². The number of ether oxygens (including phenoxy) is 1. The van der Waals surface area contributed by atoms with Crippen LogP contribution < -0.4 is 0 Å². The highest BCUT2D eigenvalue weighted by Crippen LogP contribution is 2.68. The Morgan fingerprint density at radius 1 is 1.03 bits per heavy atom. The second-order valence-corrected chi connectivity index (χ2v) is 12.1. The zero-order valence-corrected chi connectivity index (χ0v) is 20.0. The maximum atomic E-state index is 11.5. The lowest BCUT2D eigenvalue weighted by atomic mass is 9.44. The topological polar surface area (TPSA) is 26.3 Å². The van der Waals surface area contributed by atoms with Crippen molar-refractivity contribution >= 4 is 17.6 Å². The van der Waals surface area contributed by atoms with E-state index < -0.39 is 0 Å². The first kappa shape index (κ1) is 22.0. The van der Waals surface area contributed by atoms with E-state index in [0.29, 0.717) is 10.8 Å². The Labute approximate surface area is 183 Å². The second-order valence-electron chi connectivity index (χ2n) is 11.7. The minimum absolute atomic E-state index is 0.0963. The molecule has 0 saturated heterocycles. The zero-order valence-electron chi connectivity index (χ0n) is 19.2. The van der Waals surface area contributed by atoms with E-state index in [2.05, 4.69) is 20.8 Å². The summed E-state index contributed by atoms with van der Waals surface area (Å²) in [7, 11) is 0. The number of halogens is 1. The molecule has 0 N–H and O–H groups in total. The van der Waals surface area contributed by atoms with Gasteiger partial charge < -0.3 is 4.74 Å². The number of carbonyl (C=O) groups is 1. The van der Waals surface area contributed by atoms with Crippen LogP contribution >= 0.6 is 11.6 Å². The normalized spacial score (nSPS) is 47.6. The predicted octanol–water partition coefficient (Wildman–Crippen LogP) is 7.23. The van der Waals surface area contributed by atoms with Crippen molar-refractivity contribution in [3.8, 4) is 0 Å². The van der Waals surface area contributed by atoms with Crippen molar-refractivity contribution in [3.63, 3.8) is 0 Å². The first-order chi connectivity index (χ1) is 13.8. The maximum absolute atomic E-state index is 11.5. The summed E-state index contributed by atoms with van der Waals surface area (Å²) in [5, 5.41) is 0. The van der Waals surface area contributed by atoms with Crippen LogP contribution in [0.4, 0.5) is 0 Å². The number of hydrogen-bond donors (Lipinski definition) is 0. The van der Waals surface area contributed by atoms with Crippen molar-refractivity contribution in [2.75, 3.05) is 5.88 Å². The number of esters is 1. The number of hydrogen-bond acceptors (Lipinski definition) is 2. The summed E-state index contributed by atoms with van der Waals surface area (Å²) < 4.78 is 5.63. The number of alkyl halides is 1. The van der Waals surface area contributed by atoms with E-state index in [9.17, 15) is 4.79 Å². The van der Waals surface area contributed by atoms with Crippen LogP contribution in [0.3, 0.4) is 0 Å². The minimum atomic E-state index is -0.0963. The zero-order chi connectivity index (χ0) is 20.8. The molecular weight excluding hydrogens is 380 g/mol. The third kappa shape index (κ3) is 3.79. The van der Waals surface area contributed by atoms with Crippen molar-refractivity contribution in [2.24, 2.45) is 46.3 Å². The molecule has 0 unspecified atom stereocenters. The molecule has 3 heteroatoms. The molecule has 9 atom stereocenters. The number of rotatable bonds is 5. The Kier molecular flexibility index (Phi) is 6.33. The SMILES string of the molecule is CC(=O)O[C@@H]1CC[C@@]2(C)[C@H](CC[C@@H]3[C@@H]2CC[C@]2(C)[C@@H]([C@H](C)CCCCl)CC[C@@H]32)C1. The molecule has 4 saturated carbocycles. The van der Waals surface area contributed by atoms with Gasteiger partial charge in [0.25, 0.3) is 0 Å². The molecular formula is C26H43ClO2. The summed E-state index contributed by atoms with van der Waals surface area (Å²) >= 11 is 6.01. The average Bonchev–Trinajstić information content (AvgIpc) is 3.03. The van der Waals surface area contributed by atoms with Crippen LogP contribution in [0, 0.1) is 46.3 Å². The quantitative estimate of drug-likeness (QED) is 0.345. The molecule has 0 heterocycles. The molecule has 4 aliphatic carbocycles. The third-order valence-electron chi connectivity index (χ3n) is 10.5. The van der Waals surface area contributed by atoms with E-state index in [1.807, 2.05) is 0 Å². The molecule has 4 aliphatic rings. The standard InChI is InChI=1S/C26H43ClO2/c1-17(6-5-15-27)22-9-10-23-21-8-7-19-16-20(29-18(2)28)11-13-25(19,3)24(21)12-14-26(22,23)4/h17,19-24H,5-16H2,1-4H3/t17-,19-,20-,21+,22-,23+,24+,25+,26-/m1/s1. The fourth-order valence-electron chi connectivity index (χ4n) is 9.14. The van der Waals surface area contributed by atoms with Crippen molar-refractivity contribution in [3.05, 3.63) is 0 Å².